The molecule has 2 heterocycles. The summed E-state index contributed by atoms with van der Waals surface area (Å²) in [6.07, 6.45) is 5.72. The number of rotatable bonds is 5. The van der Waals surface area contributed by atoms with E-state index in [2.05, 4.69) is 4.98 Å². The Labute approximate surface area is 180 Å². The van der Waals surface area contributed by atoms with Gasteiger partial charge in [0, 0.05) is 43.8 Å². The van der Waals surface area contributed by atoms with Crippen molar-refractivity contribution in [3.63, 3.8) is 0 Å². The summed E-state index contributed by atoms with van der Waals surface area (Å²) >= 11 is 0. The smallest absolute Gasteiger partial charge is 0.312 e. The summed E-state index contributed by atoms with van der Waals surface area (Å²) in [7, 11) is 1.75. The maximum Gasteiger partial charge on any atom is 0.312 e. The molecule has 0 atom stereocenters. The number of likely N-dealkylation sites (tertiary alicyclic amines) is 1. The van der Waals surface area contributed by atoms with Gasteiger partial charge in [-0.1, -0.05) is 12.1 Å². The second-order valence-corrected chi connectivity index (χ2v) is 7.14. The average molecular weight is 433 g/mol. The summed E-state index contributed by atoms with van der Waals surface area (Å²) < 4.78 is 0. The number of carboxylic acids is 1. The number of pyridine rings is 1. The van der Waals surface area contributed by atoms with E-state index in [0.29, 0.717) is 31.7 Å². The number of halogens is 1. The molecule has 3 rings (SSSR count). The summed E-state index contributed by atoms with van der Waals surface area (Å²) in [5.41, 5.74) is 6.75. The van der Waals surface area contributed by atoms with E-state index >= 15 is 0 Å². The number of nitrogen functional groups attached to an aromatic ring is 1. The van der Waals surface area contributed by atoms with Gasteiger partial charge in [0.1, 0.15) is 12.2 Å². The molecule has 8 nitrogen and oxygen atoms in total. The highest BCUT2D eigenvalue weighted by atomic mass is 35.5. The van der Waals surface area contributed by atoms with Gasteiger partial charge >= 0.3 is 5.97 Å². The van der Waals surface area contributed by atoms with Crippen molar-refractivity contribution < 1.29 is 19.5 Å². The van der Waals surface area contributed by atoms with E-state index in [1.54, 1.807) is 29.1 Å². The van der Waals surface area contributed by atoms with Crippen LogP contribution in [0.5, 0.6) is 0 Å². The van der Waals surface area contributed by atoms with Gasteiger partial charge in [-0.2, -0.15) is 0 Å². The van der Waals surface area contributed by atoms with E-state index < -0.39 is 12.4 Å². The largest absolute Gasteiger partial charge is 0.481 e. The van der Waals surface area contributed by atoms with Gasteiger partial charge in [0.2, 0.25) is 11.8 Å². The standard InChI is InChI=1S/C21H24N4O4.ClH/c1-24(16-7-10-25(11-8-16)19(27)13-20(28)29)18(26)5-3-14-2-4-17-15(12-14)6-9-23-21(17)22;/h2-6,9,12,16H,7-8,10-11,13H2,1H3,(H2,22,23)(H,28,29);1H. The number of amides is 2. The molecule has 2 amide bonds. The number of nitrogens with two attached hydrogens (primary N) is 1. The Morgan fingerprint density at radius 2 is 1.97 bits per heavy atom. The Balaban J connectivity index is 0.00000320. The third-order valence-corrected chi connectivity index (χ3v) is 5.25. The van der Waals surface area contributed by atoms with Gasteiger partial charge in [-0.15, -0.1) is 12.4 Å². The molecule has 30 heavy (non-hydrogen) atoms. The van der Waals surface area contributed by atoms with Gasteiger partial charge < -0.3 is 20.6 Å². The molecule has 1 aromatic heterocycles. The molecule has 0 spiro atoms. The van der Waals surface area contributed by atoms with Crippen molar-refractivity contribution in [2.75, 3.05) is 25.9 Å². The fourth-order valence-corrected chi connectivity index (χ4v) is 3.53. The highest BCUT2D eigenvalue weighted by Crippen LogP contribution is 2.21. The summed E-state index contributed by atoms with van der Waals surface area (Å²) in [6.45, 7) is 0.913. The average Bonchev–Trinajstić information content (AvgIpc) is 2.71. The Bertz CT molecular complexity index is 971. The fraction of sp³-hybridized carbons (Fsp3) is 0.333. The van der Waals surface area contributed by atoms with Crippen LogP contribution in [0.2, 0.25) is 0 Å². The quantitative estimate of drug-likeness (QED) is 0.552. The highest BCUT2D eigenvalue weighted by Gasteiger charge is 2.27. The summed E-state index contributed by atoms with van der Waals surface area (Å²) in [5.74, 6) is -1.14. The zero-order valence-electron chi connectivity index (χ0n) is 16.7. The zero-order valence-corrected chi connectivity index (χ0v) is 17.5. The van der Waals surface area contributed by atoms with E-state index in [1.165, 1.54) is 6.08 Å². The molecule has 0 bridgehead atoms. The Hall–Kier alpha value is -3.13. The van der Waals surface area contributed by atoms with Gasteiger partial charge in [0.05, 0.1) is 0 Å². The predicted octanol–water partition coefficient (Wildman–Crippen LogP) is 2.18. The van der Waals surface area contributed by atoms with E-state index in [0.717, 1.165) is 16.3 Å². The number of nitrogens with zero attached hydrogens (tertiary/aromatic N) is 3. The Morgan fingerprint density at radius 1 is 1.27 bits per heavy atom. The van der Waals surface area contributed by atoms with E-state index in [4.69, 9.17) is 10.8 Å². The van der Waals surface area contributed by atoms with Crippen molar-refractivity contribution in [2.24, 2.45) is 0 Å². The third kappa shape index (κ3) is 5.48. The summed E-state index contributed by atoms with van der Waals surface area (Å²) in [5, 5.41) is 10.6. The van der Waals surface area contributed by atoms with Crippen molar-refractivity contribution in [1.82, 2.24) is 14.8 Å². The molecule has 0 aliphatic carbocycles. The number of carbonyl (C=O) groups is 3. The Kier molecular flexibility index (Phi) is 7.77. The molecular weight excluding hydrogens is 408 g/mol. The van der Waals surface area contributed by atoms with Gasteiger partial charge in [-0.25, -0.2) is 4.98 Å². The highest BCUT2D eigenvalue weighted by molar-refractivity contribution is 5.95. The number of piperidine rings is 1. The molecule has 9 heteroatoms. The monoisotopic (exact) mass is 432 g/mol. The molecule has 3 N–H and O–H groups in total. The number of hydrogen-bond donors (Lipinski definition) is 2. The minimum atomic E-state index is -1.12. The summed E-state index contributed by atoms with van der Waals surface area (Å²) in [6, 6.07) is 7.61. The molecule has 0 unspecified atom stereocenters. The lowest BCUT2D eigenvalue weighted by molar-refractivity contribution is -0.144. The summed E-state index contributed by atoms with van der Waals surface area (Å²) in [4.78, 5) is 42.3. The molecule has 1 aliphatic heterocycles. The maximum absolute atomic E-state index is 12.5. The van der Waals surface area contributed by atoms with E-state index in [-0.39, 0.29) is 30.3 Å². The van der Waals surface area contributed by atoms with Crippen molar-refractivity contribution >= 4 is 52.9 Å². The number of fused-ring (bicyclic) bond motifs is 1. The topological polar surface area (TPSA) is 117 Å². The SMILES string of the molecule is CN(C(=O)C=Cc1ccc2c(N)nccc2c1)C1CCN(C(=O)CC(=O)O)CC1.Cl. The third-order valence-electron chi connectivity index (χ3n) is 5.25. The van der Waals surface area contributed by atoms with Crippen LogP contribution in [0.3, 0.4) is 0 Å². The lowest BCUT2D eigenvalue weighted by Crippen LogP contribution is -2.47. The van der Waals surface area contributed by atoms with Crippen molar-refractivity contribution in [2.45, 2.75) is 25.3 Å². The number of carbonyl (C=O) groups excluding carboxylic acids is 2. The minimum Gasteiger partial charge on any atom is -0.481 e. The lowest BCUT2D eigenvalue weighted by Gasteiger charge is -2.36. The van der Waals surface area contributed by atoms with E-state index in [1.807, 2.05) is 24.3 Å². The van der Waals surface area contributed by atoms with Crippen LogP contribution < -0.4 is 5.73 Å². The molecule has 1 saturated heterocycles. The van der Waals surface area contributed by atoms with Crippen LogP contribution in [-0.2, 0) is 14.4 Å². The van der Waals surface area contributed by atoms with Crippen molar-refractivity contribution in [3.8, 4) is 0 Å². The van der Waals surface area contributed by atoms with Crippen LogP contribution in [0.15, 0.2) is 36.5 Å². The lowest BCUT2D eigenvalue weighted by atomic mass is 10.0. The number of aliphatic carboxylic acids is 1. The number of likely N-dealkylation sites (N-methyl/N-ethyl adjacent to an activating group) is 1. The predicted molar refractivity (Wildman–Crippen MR) is 117 cm³/mol. The maximum atomic E-state index is 12.5. The first-order valence-electron chi connectivity index (χ1n) is 9.44. The molecule has 0 saturated carbocycles. The van der Waals surface area contributed by atoms with Crippen molar-refractivity contribution in [1.29, 1.82) is 0 Å². The van der Waals surface area contributed by atoms with Crippen LogP contribution in [0.25, 0.3) is 16.8 Å². The van der Waals surface area contributed by atoms with Gasteiger partial charge in [-0.05, 0) is 42.0 Å². The van der Waals surface area contributed by atoms with Gasteiger partial charge in [0.15, 0.2) is 0 Å². The van der Waals surface area contributed by atoms with Gasteiger partial charge in [-0.3, -0.25) is 14.4 Å². The van der Waals surface area contributed by atoms with Crippen molar-refractivity contribution in [3.05, 3.63) is 42.1 Å². The number of aromatic nitrogens is 1. The van der Waals surface area contributed by atoms with Crippen LogP contribution >= 0.6 is 12.4 Å². The molecule has 1 fully saturated rings. The molecule has 1 aliphatic rings. The number of anilines is 1. The second-order valence-electron chi connectivity index (χ2n) is 7.14. The molecule has 2 aromatic rings. The zero-order chi connectivity index (χ0) is 21.0. The van der Waals surface area contributed by atoms with Crippen LogP contribution in [0, 0.1) is 0 Å². The fourth-order valence-electron chi connectivity index (χ4n) is 3.53. The molecular formula is C21H25ClN4O4. The first-order valence-corrected chi connectivity index (χ1v) is 9.44. The first-order chi connectivity index (χ1) is 13.8. The minimum absolute atomic E-state index is 0. The number of benzene rings is 1. The van der Waals surface area contributed by atoms with Gasteiger partial charge in [0.25, 0.3) is 0 Å². The second kappa shape index (κ2) is 10.1. The van der Waals surface area contributed by atoms with E-state index in [9.17, 15) is 14.4 Å². The van der Waals surface area contributed by atoms with Crippen LogP contribution in [-0.4, -0.2) is 63.9 Å². The Morgan fingerprint density at radius 3 is 2.63 bits per heavy atom. The van der Waals surface area contributed by atoms with Crippen LogP contribution in [0.1, 0.15) is 24.8 Å². The molecule has 0 radical (unpaired) electrons. The normalized spacial score (nSPS) is 14.5. The van der Waals surface area contributed by atoms with Crippen LogP contribution in [0.4, 0.5) is 5.82 Å². The number of hydrogen-bond acceptors (Lipinski definition) is 5. The first kappa shape index (κ1) is 23.2. The molecule has 160 valence electrons. The molecule has 1 aromatic carbocycles. The number of carboxylic acid groups (broad SMARTS) is 1.